The lowest BCUT2D eigenvalue weighted by Crippen LogP contribution is -2.08. The van der Waals surface area contributed by atoms with E-state index in [4.69, 9.17) is 4.74 Å². The lowest BCUT2D eigenvalue weighted by atomic mass is 9.89. The van der Waals surface area contributed by atoms with Crippen LogP contribution in [0.4, 0.5) is 0 Å². The molecule has 0 spiro atoms. The molecule has 1 aromatic carbocycles. The van der Waals surface area contributed by atoms with Gasteiger partial charge in [0.05, 0.1) is 12.2 Å². The number of thioether (sulfide) groups is 1. The number of thiophene rings is 1. The molecular weight excluding hydrogens is 388 g/mol. The van der Waals surface area contributed by atoms with Gasteiger partial charge < -0.3 is 4.74 Å². The maximum atomic E-state index is 11.9. The third-order valence-electron chi connectivity index (χ3n) is 5.06. The fourth-order valence-electron chi connectivity index (χ4n) is 3.52. The smallest absolute Gasteiger partial charge is 0.338 e. The van der Waals surface area contributed by atoms with Gasteiger partial charge in [0, 0.05) is 16.0 Å². The second kappa shape index (κ2) is 8.62. The molecule has 28 heavy (non-hydrogen) atoms. The van der Waals surface area contributed by atoms with Gasteiger partial charge in [0.25, 0.3) is 0 Å². The number of rotatable bonds is 6. The molecule has 2 heterocycles. The molecule has 4 rings (SSSR count). The van der Waals surface area contributed by atoms with Crippen molar-refractivity contribution in [3.63, 3.8) is 0 Å². The summed E-state index contributed by atoms with van der Waals surface area (Å²) in [6.45, 7) is 4.78. The average molecular weight is 413 g/mol. The van der Waals surface area contributed by atoms with E-state index in [-0.39, 0.29) is 5.97 Å². The van der Waals surface area contributed by atoms with Crippen molar-refractivity contribution in [2.45, 2.75) is 50.3 Å². The van der Waals surface area contributed by atoms with Crippen LogP contribution in [0.3, 0.4) is 0 Å². The van der Waals surface area contributed by atoms with Gasteiger partial charge in [-0.3, -0.25) is 0 Å². The minimum Gasteiger partial charge on any atom is -0.462 e. The van der Waals surface area contributed by atoms with Crippen LogP contribution in [0.5, 0.6) is 0 Å². The fraction of sp³-hybridized carbons (Fsp3) is 0.409. The van der Waals surface area contributed by atoms with Gasteiger partial charge in [-0.2, -0.15) is 0 Å². The summed E-state index contributed by atoms with van der Waals surface area (Å²) in [6.07, 6.45) is 6.05. The first-order chi connectivity index (χ1) is 13.7. The number of carbonyl (C=O) groups is 1. The van der Waals surface area contributed by atoms with E-state index in [2.05, 4.69) is 16.9 Å². The summed E-state index contributed by atoms with van der Waals surface area (Å²) < 4.78 is 5.19. The number of nitrogens with zero attached hydrogens (tertiary/aromatic N) is 2. The number of hydrogen-bond donors (Lipinski definition) is 0. The van der Waals surface area contributed by atoms with E-state index in [1.54, 1.807) is 18.1 Å². The molecule has 4 nitrogen and oxygen atoms in total. The molecule has 146 valence electrons. The summed E-state index contributed by atoms with van der Waals surface area (Å²) in [5.74, 6) is 1.32. The summed E-state index contributed by atoms with van der Waals surface area (Å²) >= 11 is 3.58. The van der Waals surface area contributed by atoms with Crippen LogP contribution in [-0.2, 0) is 23.3 Å². The van der Waals surface area contributed by atoms with Crippen molar-refractivity contribution >= 4 is 39.3 Å². The molecule has 0 fully saturated rings. The molecule has 0 radical (unpaired) electrons. The Morgan fingerprint density at radius 3 is 2.89 bits per heavy atom. The summed E-state index contributed by atoms with van der Waals surface area (Å²) in [4.78, 5) is 23.6. The Morgan fingerprint density at radius 2 is 2.11 bits per heavy atom. The first-order valence-corrected chi connectivity index (χ1v) is 11.6. The van der Waals surface area contributed by atoms with Crippen molar-refractivity contribution in [1.82, 2.24) is 9.97 Å². The van der Waals surface area contributed by atoms with E-state index in [1.807, 2.05) is 42.5 Å². The van der Waals surface area contributed by atoms with E-state index in [0.29, 0.717) is 12.2 Å². The molecule has 0 bridgehead atoms. The SMILES string of the molecule is CCCOC(=O)c1ccc(CSc2ncnc3sc4c(c23)CC[C@H](C)C4)cc1. The van der Waals surface area contributed by atoms with Crippen molar-refractivity contribution in [2.24, 2.45) is 5.92 Å². The third-order valence-corrected chi connectivity index (χ3v) is 7.28. The van der Waals surface area contributed by atoms with E-state index < -0.39 is 0 Å². The number of benzene rings is 1. The largest absolute Gasteiger partial charge is 0.462 e. The summed E-state index contributed by atoms with van der Waals surface area (Å²) in [6, 6.07) is 7.69. The van der Waals surface area contributed by atoms with Gasteiger partial charge in [0.15, 0.2) is 0 Å². The number of esters is 1. The topological polar surface area (TPSA) is 52.1 Å². The second-order valence-electron chi connectivity index (χ2n) is 7.33. The second-order valence-corrected chi connectivity index (χ2v) is 9.38. The zero-order valence-electron chi connectivity index (χ0n) is 16.2. The molecule has 1 atom stereocenters. The van der Waals surface area contributed by atoms with Gasteiger partial charge in [0.2, 0.25) is 0 Å². The highest BCUT2D eigenvalue weighted by atomic mass is 32.2. The first kappa shape index (κ1) is 19.4. The summed E-state index contributed by atoms with van der Waals surface area (Å²) in [7, 11) is 0. The molecule has 0 N–H and O–H groups in total. The lowest BCUT2D eigenvalue weighted by molar-refractivity contribution is 0.0505. The lowest BCUT2D eigenvalue weighted by Gasteiger charge is -2.18. The zero-order chi connectivity index (χ0) is 19.5. The maximum absolute atomic E-state index is 11.9. The van der Waals surface area contributed by atoms with Crippen LogP contribution in [0, 0.1) is 5.92 Å². The van der Waals surface area contributed by atoms with Crippen molar-refractivity contribution < 1.29 is 9.53 Å². The fourth-order valence-corrected chi connectivity index (χ4v) is 5.92. The van der Waals surface area contributed by atoms with E-state index >= 15 is 0 Å². The predicted molar refractivity (Wildman–Crippen MR) is 115 cm³/mol. The Balaban J connectivity index is 1.49. The molecule has 0 saturated carbocycles. The molecule has 0 aliphatic heterocycles. The summed E-state index contributed by atoms with van der Waals surface area (Å²) in [5, 5.41) is 2.34. The number of fused-ring (bicyclic) bond motifs is 3. The molecule has 3 aromatic rings. The monoisotopic (exact) mass is 412 g/mol. The van der Waals surface area contributed by atoms with Crippen molar-refractivity contribution in [2.75, 3.05) is 6.61 Å². The average Bonchev–Trinajstić information content (AvgIpc) is 3.08. The predicted octanol–water partition coefficient (Wildman–Crippen LogP) is 5.68. The van der Waals surface area contributed by atoms with E-state index in [1.165, 1.54) is 27.8 Å². The van der Waals surface area contributed by atoms with Gasteiger partial charge in [-0.15, -0.1) is 23.1 Å². The van der Waals surface area contributed by atoms with Crippen LogP contribution in [0.1, 0.15) is 53.1 Å². The van der Waals surface area contributed by atoms with Crippen molar-refractivity contribution in [1.29, 1.82) is 0 Å². The van der Waals surface area contributed by atoms with E-state index in [0.717, 1.165) is 40.8 Å². The highest BCUT2D eigenvalue weighted by molar-refractivity contribution is 7.98. The maximum Gasteiger partial charge on any atom is 0.338 e. The number of ether oxygens (including phenoxy) is 1. The van der Waals surface area contributed by atoms with Gasteiger partial charge in [-0.05, 0) is 54.9 Å². The Hall–Kier alpha value is -1.92. The van der Waals surface area contributed by atoms with Crippen LogP contribution in [-0.4, -0.2) is 22.5 Å². The molecule has 0 unspecified atom stereocenters. The van der Waals surface area contributed by atoms with Crippen LogP contribution in [0.2, 0.25) is 0 Å². The minimum atomic E-state index is -0.252. The van der Waals surface area contributed by atoms with E-state index in [9.17, 15) is 4.79 Å². The Morgan fingerprint density at radius 1 is 1.29 bits per heavy atom. The number of aryl methyl sites for hydroxylation is 1. The minimum absolute atomic E-state index is 0.252. The molecule has 0 amide bonds. The van der Waals surface area contributed by atoms with Crippen LogP contribution in [0.15, 0.2) is 35.6 Å². The molecular formula is C22H24N2O2S2. The Bertz CT molecular complexity index is 982. The van der Waals surface area contributed by atoms with Gasteiger partial charge >= 0.3 is 5.97 Å². The van der Waals surface area contributed by atoms with Gasteiger partial charge in [-0.25, -0.2) is 14.8 Å². The Labute approximate surface area is 173 Å². The molecule has 2 aromatic heterocycles. The molecule has 1 aliphatic rings. The molecule has 6 heteroatoms. The highest BCUT2D eigenvalue weighted by Gasteiger charge is 2.23. The number of carbonyl (C=O) groups excluding carboxylic acids is 1. The normalized spacial score (nSPS) is 16.1. The zero-order valence-corrected chi connectivity index (χ0v) is 17.9. The quantitative estimate of drug-likeness (QED) is 0.296. The standard InChI is InChI=1S/C22H24N2O2S2/c1-3-10-26-22(25)16-7-5-15(6-8-16)12-27-20-19-17-9-4-14(2)11-18(17)28-21(19)24-13-23-20/h5-8,13-14H,3-4,9-12H2,1-2H3/t14-/m0/s1. The van der Waals surface area contributed by atoms with Crippen molar-refractivity contribution in [3.8, 4) is 0 Å². The third kappa shape index (κ3) is 4.08. The van der Waals surface area contributed by atoms with Crippen molar-refractivity contribution in [3.05, 3.63) is 52.2 Å². The number of aromatic nitrogens is 2. The Kier molecular flexibility index (Phi) is 5.97. The van der Waals surface area contributed by atoms with Crippen LogP contribution >= 0.6 is 23.1 Å². The number of hydrogen-bond acceptors (Lipinski definition) is 6. The molecule has 0 saturated heterocycles. The summed E-state index contributed by atoms with van der Waals surface area (Å²) in [5.41, 5.74) is 3.24. The molecule has 1 aliphatic carbocycles. The highest BCUT2D eigenvalue weighted by Crippen LogP contribution is 2.41. The van der Waals surface area contributed by atoms with Crippen LogP contribution in [0.25, 0.3) is 10.2 Å². The van der Waals surface area contributed by atoms with Crippen LogP contribution < -0.4 is 0 Å². The van der Waals surface area contributed by atoms with Gasteiger partial charge in [-0.1, -0.05) is 26.0 Å². The first-order valence-electron chi connectivity index (χ1n) is 9.79. The van der Waals surface area contributed by atoms with Gasteiger partial charge in [0.1, 0.15) is 16.2 Å².